The lowest BCUT2D eigenvalue weighted by Gasteiger charge is -2.18. The Morgan fingerprint density at radius 3 is 2.26 bits per heavy atom. The fourth-order valence-electron chi connectivity index (χ4n) is 1.35. The van der Waals surface area contributed by atoms with Crippen molar-refractivity contribution >= 4 is 39.2 Å². The number of carbonyl (C=O) groups is 1. The van der Waals surface area contributed by atoms with Gasteiger partial charge in [0.2, 0.25) is 10.0 Å². The van der Waals surface area contributed by atoms with Crippen LogP contribution >= 0.6 is 23.2 Å². The Balaban J connectivity index is 3.10. The van der Waals surface area contributed by atoms with Crippen molar-refractivity contribution < 1.29 is 18.3 Å². The quantitative estimate of drug-likeness (QED) is 0.870. The van der Waals surface area contributed by atoms with Gasteiger partial charge in [-0.1, -0.05) is 37.0 Å². The molecule has 0 aliphatic carbocycles. The Bertz CT molecular complexity index is 586. The third-order valence-corrected chi connectivity index (χ3v) is 4.59. The average molecular weight is 326 g/mol. The topological polar surface area (TPSA) is 83.5 Å². The van der Waals surface area contributed by atoms with E-state index in [2.05, 4.69) is 4.72 Å². The van der Waals surface area contributed by atoms with Crippen LogP contribution in [0.5, 0.6) is 0 Å². The normalized spacial score (nSPS) is 13.5. The number of halogens is 2. The summed E-state index contributed by atoms with van der Waals surface area (Å²) in [5.41, 5.74) is 0. The molecule has 2 N–H and O–H groups in total. The van der Waals surface area contributed by atoms with Gasteiger partial charge in [0.05, 0.1) is 14.9 Å². The minimum Gasteiger partial charge on any atom is -0.480 e. The first-order valence-corrected chi connectivity index (χ1v) is 7.59. The summed E-state index contributed by atoms with van der Waals surface area (Å²) in [6.07, 6.45) is 0. The number of carboxylic acid groups (broad SMARTS) is 1. The zero-order valence-corrected chi connectivity index (χ0v) is 12.6. The van der Waals surface area contributed by atoms with Crippen LogP contribution in [0.1, 0.15) is 13.8 Å². The van der Waals surface area contributed by atoms with E-state index >= 15 is 0 Å². The lowest BCUT2D eigenvalue weighted by molar-refractivity contribution is -0.140. The summed E-state index contributed by atoms with van der Waals surface area (Å²) in [7, 11) is -3.96. The van der Waals surface area contributed by atoms with E-state index in [1.54, 1.807) is 13.8 Å². The molecule has 0 spiro atoms. The lowest BCUT2D eigenvalue weighted by Crippen LogP contribution is -2.44. The van der Waals surface area contributed by atoms with Gasteiger partial charge in [-0.25, -0.2) is 8.42 Å². The molecule has 0 aliphatic rings. The molecule has 5 nitrogen and oxygen atoms in total. The Hall–Kier alpha value is -0.820. The van der Waals surface area contributed by atoms with E-state index in [1.165, 1.54) is 18.2 Å². The van der Waals surface area contributed by atoms with Crippen LogP contribution in [0.2, 0.25) is 10.0 Å². The second kappa shape index (κ2) is 6.09. The maximum atomic E-state index is 12.0. The summed E-state index contributed by atoms with van der Waals surface area (Å²) in [5, 5.41) is 9.28. The van der Waals surface area contributed by atoms with Crippen molar-refractivity contribution in [1.82, 2.24) is 4.72 Å². The van der Waals surface area contributed by atoms with Gasteiger partial charge in [0.15, 0.2) is 0 Å². The summed E-state index contributed by atoms with van der Waals surface area (Å²) >= 11 is 11.4. The molecule has 0 saturated carbocycles. The van der Waals surface area contributed by atoms with E-state index in [1.807, 2.05) is 0 Å². The van der Waals surface area contributed by atoms with Crippen LogP contribution in [0.25, 0.3) is 0 Å². The van der Waals surface area contributed by atoms with Crippen molar-refractivity contribution in [2.24, 2.45) is 5.92 Å². The van der Waals surface area contributed by atoms with Gasteiger partial charge in [-0.2, -0.15) is 4.72 Å². The number of rotatable bonds is 5. The van der Waals surface area contributed by atoms with Crippen LogP contribution in [0.3, 0.4) is 0 Å². The van der Waals surface area contributed by atoms with Crippen LogP contribution in [0, 0.1) is 5.92 Å². The van der Waals surface area contributed by atoms with E-state index in [-0.39, 0.29) is 14.9 Å². The molecule has 1 aromatic carbocycles. The van der Waals surface area contributed by atoms with Crippen LogP contribution in [-0.4, -0.2) is 25.5 Å². The molecule has 1 atom stereocenters. The Kier molecular flexibility index (Phi) is 5.20. The first-order chi connectivity index (χ1) is 8.65. The van der Waals surface area contributed by atoms with Gasteiger partial charge in [0.1, 0.15) is 6.04 Å². The van der Waals surface area contributed by atoms with Crippen LogP contribution in [0.15, 0.2) is 23.1 Å². The van der Waals surface area contributed by atoms with Crippen molar-refractivity contribution in [3.8, 4) is 0 Å². The third-order valence-electron chi connectivity index (χ3n) is 2.42. The molecule has 1 rings (SSSR count). The molecule has 8 heteroatoms. The number of nitrogens with one attached hydrogen (secondary N) is 1. The molecular weight excluding hydrogens is 313 g/mol. The highest BCUT2D eigenvalue weighted by atomic mass is 35.5. The van der Waals surface area contributed by atoms with Gasteiger partial charge >= 0.3 is 5.97 Å². The minimum atomic E-state index is -3.96. The standard InChI is InChI=1S/C11H13Cl2NO4S/c1-6(2)10(11(15)16)14-19(17,18)7-3-4-8(12)9(13)5-7/h3-6,10,14H,1-2H3,(H,15,16)/t10-/m1/s1. The number of sulfonamides is 1. The number of hydrogen-bond acceptors (Lipinski definition) is 3. The van der Waals surface area contributed by atoms with E-state index in [4.69, 9.17) is 28.3 Å². The van der Waals surface area contributed by atoms with Crippen LogP contribution in [-0.2, 0) is 14.8 Å². The van der Waals surface area contributed by atoms with Crippen LogP contribution < -0.4 is 4.72 Å². The summed E-state index contributed by atoms with van der Waals surface area (Å²) in [4.78, 5) is 10.9. The van der Waals surface area contributed by atoms with Gasteiger partial charge in [-0.3, -0.25) is 4.79 Å². The SMILES string of the molecule is CC(C)[C@@H](NS(=O)(=O)c1ccc(Cl)c(Cl)c1)C(=O)O. The Labute approximate surface area is 121 Å². The smallest absolute Gasteiger partial charge is 0.322 e. The van der Waals surface area contributed by atoms with E-state index in [0.717, 1.165) is 0 Å². The second-order valence-corrected chi connectivity index (χ2v) is 6.79. The predicted octanol–water partition coefficient (Wildman–Crippen LogP) is 2.38. The molecule has 1 aromatic rings. The molecule has 19 heavy (non-hydrogen) atoms. The highest BCUT2D eigenvalue weighted by molar-refractivity contribution is 7.89. The van der Waals surface area contributed by atoms with Crippen molar-refractivity contribution in [3.05, 3.63) is 28.2 Å². The Morgan fingerprint density at radius 2 is 1.84 bits per heavy atom. The molecule has 0 heterocycles. The molecule has 106 valence electrons. The molecule has 0 radical (unpaired) electrons. The fraction of sp³-hybridized carbons (Fsp3) is 0.364. The van der Waals surface area contributed by atoms with Gasteiger partial charge < -0.3 is 5.11 Å². The number of benzene rings is 1. The van der Waals surface area contributed by atoms with Crippen molar-refractivity contribution in [2.75, 3.05) is 0 Å². The zero-order chi connectivity index (χ0) is 14.8. The molecule has 0 aliphatic heterocycles. The van der Waals surface area contributed by atoms with Crippen LogP contribution in [0.4, 0.5) is 0 Å². The first-order valence-electron chi connectivity index (χ1n) is 5.35. The second-order valence-electron chi connectivity index (χ2n) is 4.26. The van der Waals surface area contributed by atoms with E-state index in [0.29, 0.717) is 0 Å². The third kappa shape index (κ3) is 4.07. The zero-order valence-electron chi connectivity index (χ0n) is 10.2. The first kappa shape index (κ1) is 16.2. The van der Waals surface area contributed by atoms with Gasteiger partial charge in [-0.15, -0.1) is 0 Å². The number of carboxylic acids is 1. The van der Waals surface area contributed by atoms with E-state index < -0.39 is 28.0 Å². The summed E-state index contributed by atoms with van der Waals surface area (Å²) < 4.78 is 26.2. The molecular formula is C11H13Cl2NO4S. The number of hydrogen-bond donors (Lipinski definition) is 2. The van der Waals surface area contributed by atoms with Gasteiger partial charge in [-0.05, 0) is 24.1 Å². The summed E-state index contributed by atoms with van der Waals surface area (Å²) in [5.74, 6) is -1.63. The minimum absolute atomic E-state index is 0.0842. The summed E-state index contributed by atoms with van der Waals surface area (Å²) in [6.45, 7) is 3.21. The number of aliphatic carboxylic acids is 1. The molecule has 0 amide bonds. The maximum absolute atomic E-state index is 12.0. The van der Waals surface area contributed by atoms with Gasteiger partial charge in [0.25, 0.3) is 0 Å². The average Bonchev–Trinajstić information content (AvgIpc) is 2.28. The molecule has 0 bridgehead atoms. The maximum Gasteiger partial charge on any atom is 0.322 e. The lowest BCUT2D eigenvalue weighted by atomic mass is 10.1. The van der Waals surface area contributed by atoms with Crippen molar-refractivity contribution in [1.29, 1.82) is 0 Å². The molecule has 0 saturated heterocycles. The summed E-state index contributed by atoms with van der Waals surface area (Å²) in [6, 6.07) is 2.56. The highest BCUT2D eigenvalue weighted by Crippen LogP contribution is 2.25. The molecule has 0 aromatic heterocycles. The largest absolute Gasteiger partial charge is 0.480 e. The molecule has 0 fully saturated rings. The van der Waals surface area contributed by atoms with E-state index in [9.17, 15) is 13.2 Å². The predicted molar refractivity (Wildman–Crippen MR) is 73.0 cm³/mol. The van der Waals surface area contributed by atoms with Gasteiger partial charge in [0, 0.05) is 0 Å². The monoisotopic (exact) mass is 325 g/mol. The van der Waals surface area contributed by atoms with Crippen molar-refractivity contribution in [3.63, 3.8) is 0 Å². The van der Waals surface area contributed by atoms with Crippen molar-refractivity contribution in [2.45, 2.75) is 24.8 Å². The Morgan fingerprint density at radius 1 is 1.26 bits per heavy atom. The molecule has 0 unspecified atom stereocenters. The fourth-order valence-corrected chi connectivity index (χ4v) is 3.08. The highest BCUT2D eigenvalue weighted by Gasteiger charge is 2.28.